The first kappa shape index (κ1) is 58.4. The van der Waals surface area contributed by atoms with Crippen molar-refractivity contribution < 1.29 is 56.8 Å². The highest BCUT2D eigenvalue weighted by molar-refractivity contribution is 7.85. The lowest BCUT2D eigenvalue weighted by molar-refractivity contribution is -0.297. The van der Waals surface area contributed by atoms with Crippen LogP contribution in [0.5, 0.6) is 0 Å². The van der Waals surface area contributed by atoms with Crippen LogP contribution in [-0.2, 0) is 38.7 Å². The first-order chi connectivity index (χ1) is 30.5. The molecule has 0 saturated carbocycles. The normalized spacial score (nSPS) is 20.3. The fraction of sp³-hybridized carbons (Fsp3) is 0.760. The summed E-state index contributed by atoms with van der Waals surface area (Å²) in [5, 5.41) is 30.9. The third-order valence-electron chi connectivity index (χ3n) is 10.9. The molecule has 6 atom stereocenters. The van der Waals surface area contributed by atoms with Crippen molar-refractivity contribution in [2.24, 2.45) is 0 Å². The third-order valence-corrected chi connectivity index (χ3v) is 11.6. The molecule has 1 aliphatic rings. The zero-order chi connectivity index (χ0) is 46.2. The highest BCUT2D eigenvalue weighted by atomic mass is 32.2. The van der Waals surface area contributed by atoms with Crippen molar-refractivity contribution in [2.75, 3.05) is 19.0 Å². The van der Waals surface area contributed by atoms with Crippen LogP contribution in [0.15, 0.2) is 60.8 Å². The maximum absolute atomic E-state index is 12.8. The van der Waals surface area contributed by atoms with Crippen LogP contribution < -0.4 is 0 Å². The number of esters is 2. The minimum Gasteiger partial charge on any atom is -0.462 e. The van der Waals surface area contributed by atoms with Gasteiger partial charge in [0, 0.05) is 12.8 Å². The molecule has 0 aromatic heterocycles. The molecule has 1 saturated heterocycles. The van der Waals surface area contributed by atoms with Crippen molar-refractivity contribution in [3.63, 3.8) is 0 Å². The molecule has 0 amide bonds. The van der Waals surface area contributed by atoms with Crippen molar-refractivity contribution in [1.29, 1.82) is 0 Å². The number of unbranched alkanes of at least 4 members (excludes halogenated alkanes) is 18. The first-order valence-corrected chi connectivity index (χ1v) is 26.0. The largest absolute Gasteiger partial charge is 0.462 e. The van der Waals surface area contributed by atoms with E-state index in [1.165, 1.54) is 77.0 Å². The van der Waals surface area contributed by atoms with Gasteiger partial charge in [-0.25, -0.2) is 0 Å². The average Bonchev–Trinajstić information content (AvgIpc) is 3.25. The molecule has 1 fully saturated rings. The van der Waals surface area contributed by atoms with E-state index < -0.39 is 71.2 Å². The van der Waals surface area contributed by atoms with Gasteiger partial charge in [0.15, 0.2) is 12.4 Å². The van der Waals surface area contributed by atoms with Crippen molar-refractivity contribution in [3.05, 3.63) is 60.8 Å². The molecule has 63 heavy (non-hydrogen) atoms. The van der Waals surface area contributed by atoms with Crippen LogP contribution in [0.4, 0.5) is 0 Å². The average molecular weight is 911 g/mol. The van der Waals surface area contributed by atoms with Crippen molar-refractivity contribution in [2.45, 2.75) is 224 Å². The zero-order valence-corrected chi connectivity index (χ0v) is 39.7. The SMILES string of the molecule is CC/C=C\C/C=C\C/C=C\C/C=C\C/C=C\CCCCCC(=O)OC(COC(=O)CCCCCCCCCCCCCCCCCC)COC1OC(CS(=O)(=O)O)C(O)C(O)C1O. The molecule has 0 radical (unpaired) electrons. The number of rotatable bonds is 40. The molecule has 0 aromatic rings. The Morgan fingerprint density at radius 2 is 1.00 bits per heavy atom. The number of carbonyl (C=O) groups excluding carboxylic acids is 2. The van der Waals surface area contributed by atoms with Gasteiger partial charge < -0.3 is 34.3 Å². The molecule has 12 nitrogen and oxygen atoms in total. The van der Waals surface area contributed by atoms with Crippen LogP contribution in [0.1, 0.15) is 187 Å². The standard InChI is InChI=1S/C50H86O12S/c1-3-5-7-9-11-13-15-17-19-21-22-23-25-27-29-31-33-35-37-39-46(52)61-43(41-60-50-49(55)48(54)47(53)44(62-50)42-63(56,57)58)40-59-45(51)38-36-34-32-30-28-26-24-20-18-16-14-12-10-8-6-4-2/h5,7,11,13,17,19,22-23,27,29,43-44,47-50,53-55H,3-4,6,8-10,12,14-16,18,20-21,24-26,28,30-42H2,1-2H3,(H,56,57,58)/b7-5-,13-11-,19-17-,23-22-,29-27-. The Hall–Kier alpha value is -2.65. The molecule has 0 spiro atoms. The van der Waals surface area contributed by atoms with Gasteiger partial charge >= 0.3 is 11.9 Å². The maximum Gasteiger partial charge on any atom is 0.306 e. The van der Waals surface area contributed by atoms with Gasteiger partial charge in [-0.2, -0.15) is 8.42 Å². The van der Waals surface area contributed by atoms with Gasteiger partial charge in [-0.1, -0.05) is 177 Å². The van der Waals surface area contributed by atoms with E-state index in [0.717, 1.165) is 70.6 Å². The van der Waals surface area contributed by atoms with E-state index in [1.54, 1.807) is 0 Å². The van der Waals surface area contributed by atoms with Gasteiger partial charge in [-0.05, 0) is 57.8 Å². The lowest BCUT2D eigenvalue weighted by Gasteiger charge is -2.40. The van der Waals surface area contributed by atoms with Gasteiger partial charge in [0.05, 0.1) is 6.61 Å². The Balaban J connectivity index is 2.44. The van der Waals surface area contributed by atoms with Gasteiger partial charge in [-0.3, -0.25) is 14.1 Å². The predicted octanol–water partition coefficient (Wildman–Crippen LogP) is 10.5. The topological polar surface area (TPSA) is 186 Å². The number of hydrogen-bond acceptors (Lipinski definition) is 11. The molecule has 0 aromatic carbocycles. The van der Waals surface area contributed by atoms with Gasteiger partial charge in [-0.15, -0.1) is 0 Å². The van der Waals surface area contributed by atoms with Gasteiger partial charge in [0.1, 0.15) is 36.8 Å². The molecule has 0 bridgehead atoms. The molecule has 1 rings (SSSR count). The number of carbonyl (C=O) groups is 2. The number of allylic oxidation sites excluding steroid dienone is 10. The fourth-order valence-electron chi connectivity index (χ4n) is 7.12. The second-order valence-corrected chi connectivity index (χ2v) is 18.2. The Morgan fingerprint density at radius 3 is 1.49 bits per heavy atom. The lowest BCUT2D eigenvalue weighted by Crippen LogP contribution is -2.60. The molecular weight excluding hydrogens is 825 g/mol. The summed E-state index contributed by atoms with van der Waals surface area (Å²) in [5.74, 6) is -2.02. The highest BCUT2D eigenvalue weighted by Gasteiger charge is 2.46. The van der Waals surface area contributed by atoms with Crippen LogP contribution in [-0.4, -0.2) is 96.0 Å². The Kier molecular flexibility index (Phi) is 36.8. The maximum atomic E-state index is 12.8. The number of aliphatic hydroxyl groups excluding tert-OH is 3. The first-order valence-electron chi connectivity index (χ1n) is 24.3. The monoisotopic (exact) mass is 911 g/mol. The van der Waals surface area contributed by atoms with Gasteiger partial charge in [0.2, 0.25) is 0 Å². The van der Waals surface area contributed by atoms with Crippen molar-refractivity contribution >= 4 is 22.1 Å². The summed E-state index contributed by atoms with van der Waals surface area (Å²) in [4.78, 5) is 25.5. The van der Waals surface area contributed by atoms with E-state index in [-0.39, 0.29) is 19.4 Å². The van der Waals surface area contributed by atoms with E-state index in [2.05, 4.69) is 74.6 Å². The zero-order valence-electron chi connectivity index (χ0n) is 38.9. The lowest BCUT2D eigenvalue weighted by atomic mass is 10.00. The fourth-order valence-corrected chi connectivity index (χ4v) is 7.81. The predicted molar refractivity (Wildman–Crippen MR) is 252 cm³/mol. The molecular formula is C50H86O12S. The number of ether oxygens (including phenoxy) is 4. The molecule has 364 valence electrons. The van der Waals surface area contributed by atoms with Crippen LogP contribution in [0.2, 0.25) is 0 Å². The Morgan fingerprint density at radius 1 is 0.556 bits per heavy atom. The summed E-state index contributed by atoms with van der Waals surface area (Å²) in [7, 11) is -4.61. The number of aliphatic hydroxyl groups is 3. The van der Waals surface area contributed by atoms with Gasteiger partial charge in [0.25, 0.3) is 10.1 Å². The highest BCUT2D eigenvalue weighted by Crippen LogP contribution is 2.24. The van der Waals surface area contributed by atoms with Crippen LogP contribution in [0.3, 0.4) is 0 Å². The van der Waals surface area contributed by atoms with Crippen molar-refractivity contribution in [1.82, 2.24) is 0 Å². The second kappa shape index (κ2) is 39.7. The number of hydrogen-bond donors (Lipinski definition) is 4. The molecule has 6 unspecified atom stereocenters. The molecule has 4 N–H and O–H groups in total. The summed E-state index contributed by atoms with van der Waals surface area (Å²) in [6.45, 7) is 3.63. The van der Waals surface area contributed by atoms with Crippen LogP contribution in [0.25, 0.3) is 0 Å². The molecule has 13 heteroatoms. The summed E-state index contributed by atoms with van der Waals surface area (Å²) < 4.78 is 54.1. The van der Waals surface area contributed by atoms with E-state index in [1.807, 2.05) is 0 Å². The summed E-state index contributed by atoms with van der Waals surface area (Å²) in [5.41, 5.74) is 0. The Bertz CT molecular complexity index is 1390. The van der Waals surface area contributed by atoms with E-state index in [4.69, 9.17) is 18.9 Å². The van der Waals surface area contributed by atoms with Crippen molar-refractivity contribution in [3.8, 4) is 0 Å². The van der Waals surface area contributed by atoms with E-state index in [9.17, 15) is 37.9 Å². The summed E-state index contributed by atoms with van der Waals surface area (Å²) in [6.07, 6.45) is 39.7. The minimum absolute atomic E-state index is 0.124. The van der Waals surface area contributed by atoms with E-state index in [0.29, 0.717) is 12.8 Å². The smallest absolute Gasteiger partial charge is 0.306 e. The quantitative estimate of drug-likeness (QED) is 0.0198. The molecule has 1 aliphatic heterocycles. The second-order valence-electron chi connectivity index (χ2n) is 16.8. The minimum atomic E-state index is -4.61. The van der Waals surface area contributed by atoms with Crippen LogP contribution >= 0.6 is 0 Å². The molecule has 0 aliphatic carbocycles. The van der Waals surface area contributed by atoms with Crippen LogP contribution in [0, 0.1) is 0 Å². The summed E-state index contributed by atoms with van der Waals surface area (Å²) >= 11 is 0. The Labute approximate surface area is 381 Å². The summed E-state index contributed by atoms with van der Waals surface area (Å²) in [6, 6.07) is 0. The third kappa shape index (κ3) is 34.4. The molecule has 1 heterocycles. The van der Waals surface area contributed by atoms with E-state index >= 15 is 0 Å².